The fourth-order valence-corrected chi connectivity index (χ4v) is 24.4. The summed E-state index contributed by atoms with van der Waals surface area (Å²) in [4.78, 5) is 3.18. The third-order valence-corrected chi connectivity index (χ3v) is 23.0. The molecule has 8 unspecified atom stereocenters. The van der Waals surface area contributed by atoms with Crippen LogP contribution in [0.4, 0.5) is 0 Å². The van der Waals surface area contributed by atoms with Gasteiger partial charge >= 0.3 is 37.9 Å². The molecule has 2 aromatic heterocycles. The second kappa shape index (κ2) is 16.3. The Bertz CT molecular complexity index is 2070. The fraction of sp³-hybridized carbons (Fsp3) is 0.349. The van der Waals surface area contributed by atoms with Crippen LogP contribution in [-0.2, 0) is 20.8 Å². The Morgan fingerprint density at radius 2 is 1.12 bits per heavy atom. The summed E-state index contributed by atoms with van der Waals surface area (Å²) in [6.45, 7) is 13.3. The molecule has 2 saturated carbocycles. The van der Waals surface area contributed by atoms with Gasteiger partial charge in [-0.3, -0.25) is 0 Å². The van der Waals surface area contributed by atoms with E-state index in [-0.39, 0.29) is 14.9 Å². The van der Waals surface area contributed by atoms with Crippen molar-refractivity contribution in [2.45, 2.75) is 68.3 Å². The van der Waals surface area contributed by atoms with Crippen molar-refractivity contribution in [3.63, 3.8) is 0 Å². The van der Waals surface area contributed by atoms with Crippen molar-refractivity contribution in [3.05, 3.63) is 126 Å². The van der Waals surface area contributed by atoms with E-state index in [0.29, 0.717) is 17.1 Å². The van der Waals surface area contributed by atoms with Gasteiger partial charge in [-0.05, 0) is 105 Å². The zero-order chi connectivity index (χ0) is 34.0. The van der Waals surface area contributed by atoms with Crippen LogP contribution in [0.1, 0.15) is 50.3 Å². The molecule has 0 N–H and O–H groups in total. The summed E-state index contributed by atoms with van der Waals surface area (Å²) >= 11 is 7.60. The first-order chi connectivity index (χ1) is 23.7. The second-order valence-corrected chi connectivity index (χ2v) is 28.2. The van der Waals surface area contributed by atoms with Crippen LogP contribution in [-0.4, -0.2) is 18.6 Å². The molecule has 266 valence electrons. The summed E-state index contributed by atoms with van der Waals surface area (Å²) in [5, 5.41) is 9.30. The Labute approximate surface area is 343 Å². The average Bonchev–Trinajstić information content (AvgIpc) is 3.92. The van der Waals surface area contributed by atoms with Crippen molar-refractivity contribution in [3.8, 4) is 0 Å². The van der Waals surface area contributed by atoms with Gasteiger partial charge < -0.3 is 14.9 Å². The van der Waals surface area contributed by atoms with E-state index in [1.165, 1.54) is 49.7 Å². The quantitative estimate of drug-likeness (QED) is 0.127. The van der Waals surface area contributed by atoms with E-state index in [1.54, 1.807) is 21.0 Å². The number of halogens is 2. The number of benzene rings is 3. The van der Waals surface area contributed by atoms with E-state index >= 15 is 0 Å². The average molecular weight is 883 g/mol. The molecule has 8 heteroatoms. The number of allylic oxidation sites excluding steroid dienone is 3. The fourth-order valence-electron chi connectivity index (χ4n) is 10.7. The monoisotopic (exact) mass is 880 g/mol. The summed E-state index contributed by atoms with van der Waals surface area (Å²) < 4.78 is 2.84. The second-order valence-electron chi connectivity index (χ2n) is 15.1. The molecule has 0 spiro atoms. The van der Waals surface area contributed by atoms with Crippen LogP contribution in [0.2, 0.25) is 24.2 Å². The molecule has 0 saturated heterocycles. The molecule has 0 nitrogen and oxygen atoms in total. The third-order valence-electron chi connectivity index (χ3n) is 12.2. The normalized spacial score (nSPS) is 28.2. The Morgan fingerprint density at radius 1 is 0.647 bits per heavy atom. The summed E-state index contributed by atoms with van der Waals surface area (Å²) in [5.74, 6) is 2.90. The van der Waals surface area contributed by atoms with E-state index in [4.69, 9.17) is 17.0 Å². The number of hydrogen-bond acceptors (Lipinski definition) is 4. The van der Waals surface area contributed by atoms with Crippen molar-refractivity contribution in [2.24, 2.45) is 23.7 Å². The zero-order valence-electron chi connectivity index (χ0n) is 30.6. The molecule has 4 heterocycles. The number of fused-ring (bicyclic) bond motifs is 4. The topological polar surface area (TPSA) is 0 Å². The van der Waals surface area contributed by atoms with Crippen LogP contribution < -0.4 is 0 Å². The minimum atomic E-state index is -1.72. The van der Waals surface area contributed by atoms with Gasteiger partial charge in [0.25, 0.3) is 0 Å². The Morgan fingerprint density at radius 3 is 1.71 bits per heavy atom. The first-order valence-corrected chi connectivity index (χ1v) is 30.5. The summed E-state index contributed by atoms with van der Waals surface area (Å²) in [5.41, 5.74) is 9.49. The SMILES string of the molecule is CC1=C(c2ccccc2)C2CC(C)C([Si](C)(C)C3C(C)CC4C(c5csc6ccccc56)=C(c5csc6ccccc56)SC43)C2S1.[CH3-].[CH3-].[Cl][Zr+2][Cl]. The molecule has 4 aliphatic rings. The molecule has 0 amide bonds. The van der Waals surface area contributed by atoms with Gasteiger partial charge in [0, 0.05) is 41.1 Å². The van der Waals surface area contributed by atoms with Crippen LogP contribution in [0.15, 0.2) is 94.5 Å². The van der Waals surface area contributed by atoms with Crippen molar-refractivity contribution >= 4 is 108 Å². The van der Waals surface area contributed by atoms with E-state index in [2.05, 4.69) is 147 Å². The Kier molecular flexibility index (Phi) is 12.8. The molecule has 2 aliphatic carbocycles. The third kappa shape index (κ3) is 6.85. The number of rotatable bonds is 5. The summed E-state index contributed by atoms with van der Waals surface area (Å²) in [6, 6.07) is 29.6. The molecular formula is C43H48Cl2S4SiZr. The molecule has 2 fully saturated rings. The van der Waals surface area contributed by atoms with Gasteiger partial charge in [0.15, 0.2) is 0 Å². The van der Waals surface area contributed by atoms with Crippen LogP contribution in [0, 0.1) is 38.5 Å². The van der Waals surface area contributed by atoms with Crippen LogP contribution in [0.25, 0.3) is 36.2 Å². The summed E-state index contributed by atoms with van der Waals surface area (Å²) in [7, 11) is 8.15. The van der Waals surface area contributed by atoms with E-state index in [9.17, 15) is 0 Å². The van der Waals surface area contributed by atoms with Crippen LogP contribution >= 0.6 is 63.2 Å². The number of thioether (sulfide) groups is 2. The standard InChI is InChI=1S/C41H42S4Si.2CH3.2ClH.Zr/c1-23-19-29-35(26-13-7-6-8-14-26)25(3)44-38(29)40(23)46(4,5)41-24(2)20-30-36(31-21-42-33-17-11-9-15-27(31)33)37(45-39(30)41)32-22-43-34-18-12-10-16-28(32)34;;;;;/h6-18,21-24,29-30,38-41H,19-20H2,1-5H3;2*1H3;2*1H;/q;2*-1;;;+4/p-2. The van der Waals surface area contributed by atoms with Gasteiger partial charge in [0.2, 0.25) is 0 Å². The van der Waals surface area contributed by atoms with E-state index < -0.39 is 28.9 Å². The van der Waals surface area contributed by atoms with Crippen molar-refractivity contribution in [1.82, 2.24) is 0 Å². The van der Waals surface area contributed by atoms with Gasteiger partial charge in [-0.2, -0.15) is 0 Å². The van der Waals surface area contributed by atoms with Crippen molar-refractivity contribution in [1.29, 1.82) is 0 Å². The molecule has 0 bridgehead atoms. The molecule has 5 aromatic rings. The molecule has 3 aromatic carbocycles. The molecule has 9 rings (SSSR count). The van der Waals surface area contributed by atoms with Crippen LogP contribution in [0.3, 0.4) is 0 Å². The molecule has 8 atom stereocenters. The molecule has 2 aliphatic heterocycles. The van der Waals surface area contributed by atoms with Crippen molar-refractivity contribution < 1.29 is 20.8 Å². The predicted octanol–water partition coefficient (Wildman–Crippen LogP) is 15.7. The minimum absolute atomic E-state index is 0. The van der Waals surface area contributed by atoms with Crippen molar-refractivity contribution in [2.75, 3.05) is 0 Å². The maximum atomic E-state index is 4.93. The first-order valence-electron chi connectivity index (χ1n) is 17.5. The van der Waals surface area contributed by atoms with Crippen LogP contribution in [0.5, 0.6) is 0 Å². The predicted molar refractivity (Wildman–Crippen MR) is 236 cm³/mol. The van der Waals surface area contributed by atoms with E-state index in [1.807, 2.05) is 22.7 Å². The van der Waals surface area contributed by atoms with Gasteiger partial charge in [-0.25, -0.2) is 0 Å². The van der Waals surface area contributed by atoms with Gasteiger partial charge in [0.1, 0.15) is 0 Å². The first kappa shape index (κ1) is 40.1. The van der Waals surface area contributed by atoms with E-state index in [0.717, 1.165) is 28.2 Å². The Balaban J connectivity index is 0.000000867. The van der Waals surface area contributed by atoms with Gasteiger partial charge in [-0.1, -0.05) is 93.7 Å². The molecular weight excluding hydrogens is 835 g/mol. The summed E-state index contributed by atoms with van der Waals surface area (Å²) in [6.07, 6.45) is 2.69. The number of hydrogen-bond donors (Lipinski definition) is 0. The van der Waals surface area contributed by atoms with Gasteiger partial charge in [-0.15, -0.1) is 46.2 Å². The number of thiophene rings is 2. The Hall–Kier alpha value is -0.560. The molecule has 51 heavy (non-hydrogen) atoms. The zero-order valence-corrected chi connectivity index (χ0v) is 38.8. The van der Waals surface area contributed by atoms with Gasteiger partial charge in [0.05, 0.1) is 8.07 Å². The maximum absolute atomic E-state index is 4.93. The molecule has 0 radical (unpaired) electrons.